The number of hydrogen-bond acceptors (Lipinski definition) is 3. The first-order valence-corrected chi connectivity index (χ1v) is 8.58. The van der Waals surface area contributed by atoms with Crippen molar-refractivity contribution < 1.29 is 0 Å². The van der Waals surface area contributed by atoms with Gasteiger partial charge in [0.25, 0.3) is 0 Å². The quantitative estimate of drug-likeness (QED) is 0.833. The number of likely N-dealkylation sites (N-methyl/N-ethyl adjacent to an activating group) is 1. The molecule has 3 nitrogen and oxygen atoms in total. The van der Waals surface area contributed by atoms with Crippen molar-refractivity contribution in [2.75, 3.05) is 12.8 Å². The number of aryl methyl sites for hydroxylation is 2. The molecule has 1 saturated carbocycles. The number of hydrogen-bond donors (Lipinski definition) is 1. The van der Waals surface area contributed by atoms with Crippen molar-refractivity contribution >= 4 is 11.8 Å². The number of aromatic nitrogens is 2. The summed E-state index contributed by atoms with van der Waals surface area (Å²) in [7, 11) is 4.14. The zero-order chi connectivity index (χ0) is 13.7. The minimum atomic E-state index is 0.561. The third-order valence-corrected chi connectivity index (χ3v) is 5.63. The first kappa shape index (κ1) is 14.9. The Labute approximate surface area is 121 Å². The van der Waals surface area contributed by atoms with Gasteiger partial charge in [-0.3, -0.25) is 4.68 Å². The normalized spacial score (nSPS) is 18.1. The fraction of sp³-hybridized carbons (Fsp3) is 0.800. The molecular weight excluding hydrogens is 254 g/mol. The van der Waals surface area contributed by atoms with Crippen LogP contribution < -0.4 is 5.32 Å². The van der Waals surface area contributed by atoms with Crippen molar-refractivity contribution in [1.29, 1.82) is 0 Å². The summed E-state index contributed by atoms with van der Waals surface area (Å²) in [5.74, 6) is 1.22. The van der Waals surface area contributed by atoms with Gasteiger partial charge in [0.1, 0.15) is 0 Å². The molecule has 4 heteroatoms. The molecule has 0 amide bonds. The topological polar surface area (TPSA) is 29.9 Å². The van der Waals surface area contributed by atoms with E-state index in [1.165, 1.54) is 42.8 Å². The van der Waals surface area contributed by atoms with Gasteiger partial charge in [-0.25, -0.2) is 0 Å². The highest BCUT2D eigenvalue weighted by molar-refractivity contribution is 7.99. The molecule has 0 aromatic carbocycles. The predicted molar refractivity (Wildman–Crippen MR) is 83.9 cm³/mol. The van der Waals surface area contributed by atoms with Gasteiger partial charge in [-0.05, 0) is 32.4 Å². The van der Waals surface area contributed by atoms with Crippen LogP contribution in [0.25, 0.3) is 0 Å². The third-order valence-electron chi connectivity index (χ3n) is 4.09. The first-order chi connectivity index (χ1) is 9.22. The van der Waals surface area contributed by atoms with E-state index in [1.54, 1.807) is 0 Å². The summed E-state index contributed by atoms with van der Waals surface area (Å²) in [6.07, 6.45) is 7.82. The molecule has 1 heterocycles. The number of thioether (sulfide) groups is 1. The van der Waals surface area contributed by atoms with Gasteiger partial charge >= 0.3 is 0 Å². The molecule has 0 bridgehead atoms. The Bertz CT molecular complexity index is 383. The van der Waals surface area contributed by atoms with Crippen molar-refractivity contribution in [1.82, 2.24) is 15.1 Å². The molecule has 1 fully saturated rings. The standard InChI is InChI=1S/C15H27N3S/c1-4-12-9-14(18(3)17-12)10-13(16-2)11-19-15-7-5-6-8-15/h9,13,15-16H,4-8,10-11H2,1-3H3. The fourth-order valence-electron chi connectivity index (χ4n) is 2.74. The Hall–Kier alpha value is -0.480. The van der Waals surface area contributed by atoms with E-state index >= 15 is 0 Å². The highest BCUT2D eigenvalue weighted by atomic mass is 32.2. The third kappa shape index (κ3) is 4.25. The minimum Gasteiger partial charge on any atom is -0.316 e. The van der Waals surface area contributed by atoms with Crippen molar-refractivity contribution in [3.63, 3.8) is 0 Å². The van der Waals surface area contributed by atoms with Crippen LogP contribution in [-0.2, 0) is 19.9 Å². The van der Waals surface area contributed by atoms with E-state index < -0.39 is 0 Å². The Morgan fingerprint density at radius 2 is 2.21 bits per heavy atom. The van der Waals surface area contributed by atoms with E-state index in [0.29, 0.717) is 6.04 Å². The Morgan fingerprint density at radius 1 is 1.47 bits per heavy atom. The van der Waals surface area contributed by atoms with Crippen LogP contribution in [0.1, 0.15) is 44.0 Å². The Balaban J connectivity index is 1.84. The first-order valence-electron chi connectivity index (χ1n) is 7.53. The van der Waals surface area contributed by atoms with Gasteiger partial charge < -0.3 is 5.32 Å². The number of nitrogens with one attached hydrogen (secondary N) is 1. The molecule has 1 aromatic heterocycles. The second-order valence-corrected chi connectivity index (χ2v) is 6.87. The van der Waals surface area contributed by atoms with E-state index in [9.17, 15) is 0 Å². The highest BCUT2D eigenvalue weighted by Gasteiger charge is 2.18. The van der Waals surface area contributed by atoms with Crippen molar-refractivity contribution in [2.24, 2.45) is 7.05 Å². The van der Waals surface area contributed by atoms with Crippen molar-refractivity contribution in [2.45, 2.75) is 56.7 Å². The SMILES string of the molecule is CCc1cc(CC(CSC2CCCC2)NC)n(C)n1. The molecular formula is C15H27N3S. The van der Waals surface area contributed by atoms with Crippen LogP contribution in [0.4, 0.5) is 0 Å². The monoisotopic (exact) mass is 281 g/mol. The van der Waals surface area contributed by atoms with Crippen LogP contribution in [0.2, 0.25) is 0 Å². The van der Waals surface area contributed by atoms with Crippen LogP contribution in [0.3, 0.4) is 0 Å². The predicted octanol–water partition coefficient (Wildman–Crippen LogP) is 2.79. The van der Waals surface area contributed by atoms with E-state index in [0.717, 1.165) is 18.1 Å². The second kappa shape index (κ2) is 7.34. The summed E-state index contributed by atoms with van der Waals surface area (Å²) in [5.41, 5.74) is 2.55. The van der Waals surface area contributed by atoms with Gasteiger partial charge in [-0.1, -0.05) is 19.8 Å². The maximum absolute atomic E-state index is 4.54. The molecule has 1 N–H and O–H groups in total. The van der Waals surface area contributed by atoms with Crippen LogP contribution in [0.15, 0.2) is 6.07 Å². The molecule has 1 aliphatic rings. The lowest BCUT2D eigenvalue weighted by Gasteiger charge is -2.18. The molecule has 1 aliphatic carbocycles. The summed E-state index contributed by atoms with van der Waals surface area (Å²) in [6, 6.07) is 2.82. The average molecular weight is 281 g/mol. The van der Waals surface area contributed by atoms with E-state index in [2.05, 4.69) is 49.3 Å². The largest absolute Gasteiger partial charge is 0.316 e. The van der Waals surface area contributed by atoms with E-state index in [1.807, 2.05) is 4.68 Å². The van der Waals surface area contributed by atoms with Crippen LogP contribution in [0.5, 0.6) is 0 Å². The number of rotatable bonds is 7. The van der Waals surface area contributed by atoms with Crippen molar-refractivity contribution in [3.05, 3.63) is 17.5 Å². The minimum absolute atomic E-state index is 0.561. The summed E-state index contributed by atoms with van der Waals surface area (Å²) < 4.78 is 2.05. The molecule has 1 unspecified atom stereocenters. The van der Waals surface area contributed by atoms with Gasteiger partial charge in [-0.15, -0.1) is 0 Å². The molecule has 0 radical (unpaired) electrons. The summed E-state index contributed by atoms with van der Waals surface area (Å²) in [6.45, 7) is 2.16. The van der Waals surface area contributed by atoms with E-state index in [4.69, 9.17) is 0 Å². The smallest absolute Gasteiger partial charge is 0.0624 e. The highest BCUT2D eigenvalue weighted by Crippen LogP contribution is 2.30. The molecule has 0 saturated heterocycles. The Kier molecular flexibility index (Phi) is 5.76. The fourth-order valence-corrected chi connectivity index (χ4v) is 4.19. The molecule has 108 valence electrons. The van der Waals surface area contributed by atoms with Crippen LogP contribution >= 0.6 is 11.8 Å². The van der Waals surface area contributed by atoms with Gasteiger partial charge in [0.15, 0.2) is 0 Å². The zero-order valence-electron chi connectivity index (χ0n) is 12.5. The maximum Gasteiger partial charge on any atom is 0.0624 e. The molecule has 0 aliphatic heterocycles. The lowest BCUT2D eigenvalue weighted by atomic mass is 10.1. The Morgan fingerprint density at radius 3 is 2.79 bits per heavy atom. The summed E-state index contributed by atoms with van der Waals surface area (Å²) >= 11 is 2.16. The van der Waals surface area contributed by atoms with Gasteiger partial charge in [0.2, 0.25) is 0 Å². The van der Waals surface area contributed by atoms with Crippen molar-refractivity contribution in [3.8, 4) is 0 Å². The van der Waals surface area contributed by atoms with Gasteiger partial charge in [0.05, 0.1) is 5.69 Å². The second-order valence-electron chi connectivity index (χ2n) is 5.53. The van der Waals surface area contributed by atoms with E-state index in [-0.39, 0.29) is 0 Å². The lowest BCUT2D eigenvalue weighted by Crippen LogP contribution is -2.31. The summed E-state index contributed by atoms with van der Waals surface area (Å²) in [4.78, 5) is 0. The number of nitrogens with zero attached hydrogens (tertiary/aromatic N) is 2. The molecule has 0 spiro atoms. The molecule has 1 atom stereocenters. The maximum atomic E-state index is 4.54. The zero-order valence-corrected chi connectivity index (χ0v) is 13.3. The molecule has 2 rings (SSSR count). The average Bonchev–Trinajstić information content (AvgIpc) is 3.04. The lowest BCUT2D eigenvalue weighted by molar-refractivity contribution is 0.580. The van der Waals surface area contributed by atoms with Gasteiger partial charge in [-0.2, -0.15) is 16.9 Å². The summed E-state index contributed by atoms with van der Waals surface area (Å²) in [5, 5.41) is 8.91. The van der Waals surface area contributed by atoms with Gasteiger partial charge in [0, 0.05) is 36.2 Å². The molecule has 1 aromatic rings. The van der Waals surface area contributed by atoms with Crippen LogP contribution in [0, 0.1) is 0 Å². The van der Waals surface area contributed by atoms with Crippen LogP contribution in [-0.4, -0.2) is 33.9 Å². The molecule has 19 heavy (non-hydrogen) atoms.